The molecule has 2 heterocycles. The number of anilines is 3. The van der Waals surface area contributed by atoms with Gasteiger partial charge in [-0.15, -0.1) is 0 Å². The summed E-state index contributed by atoms with van der Waals surface area (Å²) in [5.41, 5.74) is 3.06. The summed E-state index contributed by atoms with van der Waals surface area (Å²) in [6.07, 6.45) is 2.05. The van der Waals surface area contributed by atoms with Gasteiger partial charge in [-0.1, -0.05) is 12.1 Å². The highest BCUT2D eigenvalue weighted by Gasteiger charge is 2.50. The van der Waals surface area contributed by atoms with E-state index in [0.29, 0.717) is 30.9 Å². The first-order valence-electron chi connectivity index (χ1n) is 12.7. The molecule has 1 aromatic heterocycles. The van der Waals surface area contributed by atoms with Gasteiger partial charge in [0.25, 0.3) is 0 Å². The number of amides is 1. The van der Waals surface area contributed by atoms with Gasteiger partial charge < -0.3 is 15.0 Å². The molecule has 1 aliphatic heterocycles. The van der Waals surface area contributed by atoms with E-state index in [2.05, 4.69) is 10.3 Å². The van der Waals surface area contributed by atoms with Crippen molar-refractivity contribution in [2.45, 2.75) is 69.9 Å². The maximum atomic E-state index is 13.8. The Balaban J connectivity index is 1.44. The predicted molar refractivity (Wildman–Crippen MR) is 132 cm³/mol. The Hall–Kier alpha value is -2.65. The third kappa shape index (κ3) is 5.22. The molecule has 6 nitrogen and oxygen atoms in total. The molecule has 2 fully saturated rings. The molecule has 2 aliphatic carbocycles. The van der Waals surface area contributed by atoms with Crippen LogP contribution in [0.4, 0.5) is 30.4 Å². The highest BCUT2D eigenvalue weighted by atomic mass is 19.4. The van der Waals surface area contributed by atoms with Crippen LogP contribution < -0.4 is 10.2 Å². The third-order valence-electron chi connectivity index (χ3n) is 7.76. The molecule has 9 heteroatoms. The molecule has 5 rings (SSSR count). The number of nitrogens with one attached hydrogen (secondary N) is 1. The lowest BCUT2D eigenvalue weighted by atomic mass is 9.86. The van der Waals surface area contributed by atoms with Crippen molar-refractivity contribution >= 4 is 23.1 Å². The smallest absolute Gasteiger partial charge is 0.381 e. The van der Waals surface area contributed by atoms with Crippen LogP contribution in [0.1, 0.15) is 49.7 Å². The molecule has 194 valence electrons. The zero-order valence-corrected chi connectivity index (χ0v) is 20.7. The number of fused-ring (bicyclic) bond motifs is 2. The summed E-state index contributed by atoms with van der Waals surface area (Å²) in [7, 11) is 3.25. The highest BCUT2D eigenvalue weighted by molar-refractivity contribution is 5.99. The third-order valence-corrected chi connectivity index (χ3v) is 7.76. The van der Waals surface area contributed by atoms with Crippen molar-refractivity contribution in [3.8, 4) is 0 Å². The maximum absolute atomic E-state index is 13.8. The largest absolute Gasteiger partial charge is 0.404 e. The number of pyridine rings is 1. The fourth-order valence-electron chi connectivity index (χ4n) is 5.70. The van der Waals surface area contributed by atoms with Gasteiger partial charge >= 0.3 is 6.18 Å². The summed E-state index contributed by atoms with van der Waals surface area (Å²) >= 11 is 0. The fourth-order valence-corrected chi connectivity index (χ4v) is 5.70. The van der Waals surface area contributed by atoms with E-state index >= 15 is 0 Å². The number of hydrogen-bond donors (Lipinski definition) is 1. The standard InChI is InChI=1S/C27H33F3N4O2/c1-33(24(18-6-7-18)27(28,29)30)15-17-5-12-22-23(14-17)34(16-20-4-3-13-31-25(20)32-22)26(35)19-8-10-21(36-2)11-9-19/h3-5,12-14,18-19,21,24H,6-11,15-16H2,1-2H3,(H,31,32). The monoisotopic (exact) mass is 502 g/mol. The first-order chi connectivity index (χ1) is 17.2. The average Bonchev–Trinajstić information content (AvgIpc) is 3.69. The minimum atomic E-state index is -4.26. The van der Waals surface area contributed by atoms with E-state index in [0.717, 1.165) is 42.5 Å². The second-order valence-corrected chi connectivity index (χ2v) is 10.4. The molecular formula is C27H33F3N4O2. The van der Waals surface area contributed by atoms with E-state index < -0.39 is 12.2 Å². The number of methoxy groups -OCH3 is 1. The Morgan fingerprint density at radius 3 is 2.61 bits per heavy atom. The maximum Gasteiger partial charge on any atom is 0.404 e. The SMILES string of the molecule is COC1CCC(C(=O)N2Cc3cccnc3Nc3ccc(CN(C)C(C4CC4)C(F)(F)F)cc32)CC1. The Bertz CT molecular complexity index is 1100. The molecule has 0 radical (unpaired) electrons. The van der Waals surface area contributed by atoms with Crippen LogP contribution in [0, 0.1) is 11.8 Å². The van der Waals surface area contributed by atoms with Gasteiger partial charge in [0.1, 0.15) is 11.9 Å². The van der Waals surface area contributed by atoms with Gasteiger partial charge in [-0.2, -0.15) is 13.2 Å². The van der Waals surface area contributed by atoms with Crippen molar-refractivity contribution in [1.29, 1.82) is 0 Å². The van der Waals surface area contributed by atoms with Crippen molar-refractivity contribution in [2.75, 3.05) is 24.4 Å². The van der Waals surface area contributed by atoms with E-state index in [1.807, 2.05) is 30.3 Å². The summed E-state index contributed by atoms with van der Waals surface area (Å²) in [4.78, 5) is 21.5. The van der Waals surface area contributed by atoms with Crippen molar-refractivity contribution < 1.29 is 22.7 Å². The molecule has 0 bridgehead atoms. The van der Waals surface area contributed by atoms with Gasteiger partial charge in [-0.3, -0.25) is 9.69 Å². The van der Waals surface area contributed by atoms with Crippen molar-refractivity contribution in [3.05, 3.63) is 47.7 Å². The van der Waals surface area contributed by atoms with Gasteiger partial charge in [0.05, 0.1) is 24.0 Å². The molecule has 1 amide bonds. The molecule has 2 saturated carbocycles. The van der Waals surface area contributed by atoms with Crippen LogP contribution >= 0.6 is 0 Å². The van der Waals surface area contributed by atoms with Crippen LogP contribution in [0.15, 0.2) is 36.5 Å². The lowest BCUT2D eigenvalue weighted by Gasteiger charge is -2.32. The van der Waals surface area contributed by atoms with E-state index in [9.17, 15) is 18.0 Å². The molecule has 0 spiro atoms. The van der Waals surface area contributed by atoms with E-state index in [-0.39, 0.29) is 30.4 Å². The van der Waals surface area contributed by atoms with Gasteiger partial charge in [0.15, 0.2) is 0 Å². The molecule has 0 saturated heterocycles. The van der Waals surface area contributed by atoms with E-state index in [1.54, 1.807) is 18.2 Å². The number of nitrogens with zero attached hydrogens (tertiary/aromatic N) is 3. The molecule has 3 aliphatic rings. The average molecular weight is 503 g/mol. The zero-order valence-electron chi connectivity index (χ0n) is 20.7. The Morgan fingerprint density at radius 2 is 1.94 bits per heavy atom. The summed E-state index contributed by atoms with van der Waals surface area (Å²) in [6, 6.07) is 7.90. The molecular weight excluding hydrogens is 469 g/mol. The minimum Gasteiger partial charge on any atom is -0.381 e. The second-order valence-electron chi connectivity index (χ2n) is 10.4. The van der Waals surface area contributed by atoms with Gasteiger partial charge in [0, 0.05) is 31.3 Å². The number of hydrogen-bond acceptors (Lipinski definition) is 5. The van der Waals surface area contributed by atoms with Crippen molar-refractivity contribution in [2.24, 2.45) is 11.8 Å². The number of aromatic nitrogens is 1. The van der Waals surface area contributed by atoms with Crippen LogP contribution in [0.25, 0.3) is 0 Å². The van der Waals surface area contributed by atoms with Crippen LogP contribution in [0.3, 0.4) is 0 Å². The molecule has 36 heavy (non-hydrogen) atoms. The fraction of sp³-hybridized carbons (Fsp3) is 0.556. The molecule has 1 atom stereocenters. The van der Waals surface area contributed by atoms with Crippen molar-refractivity contribution in [3.63, 3.8) is 0 Å². The molecule has 1 N–H and O–H groups in total. The normalized spacial score (nSPS) is 22.9. The number of rotatable bonds is 6. The summed E-state index contributed by atoms with van der Waals surface area (Å²) in [5, 5.41) is 3.34. The molecule has 1 aromatic carbocycles. The summed E-state index contributed by atoms with van der Waals surface area (Å²) in [6.45, 7) is 0.513. The number of alkyl halides is 3. The quantitative estimate of drug-likeness (QED) is 0.553. The van der Waals surface area contributed by atoms with Crippen LogP contribution in [-0.4, -0.2) is 48.3 Å². The van der Waals surface area contributed by atoms with Gasteiger partial charge in [0.2, 0.25) is 5.91 Å². The lowest BCUT2D eigenvalue weighted by molar-refractivity contribution is -0.187. The van der Waals surface area contributed by atoms with Gasteiger partial charge in [-0.25, -0.2) is 4.98 Å². The molecule has 1 unspecified atom stereocenters. The number of carbonyl (C=O) groups excluding carboxylic acids is 1. The number of carbonyl (C=O) groups is 1. The number of ether oxygens (including phenoxy) is 1. The topological polar surface area (TPSA) is 57.7 Å². The Morgan fingerprint density at radius 1 is 1.19 bits per heavy atom. The summed E-state index contributed by atoms with van der Waals surface area (Å²) < 4.78 is 46.7. The van der Waals surface area contributed by atoms with E-state index in [4.69, 9.17) is 4.74 Å². The van der Waals surface area contributed by atoms with Crippen molar-refractivity contribution in [1.82, 2.24) is 9.88 Å². The predicted octanol–water partition coefficient (Wildman–Crippen LogP) is 5.65. The Kier molecular flexibility index (Phi) is 6.96. The van der Waals surface area contributed by atoms with E-state index in [1.165, 1.54) is 11.9 Å². The molecule has 2 aromatic rings. The number of halogens is 3. The second kappa shape index (κ2) is 10.0. The first kappa shape index (κ1) is 25.0. The first-order valence-corrected chi connectivity index (χ1v) is 12.7. The number of benzene rings is 1. The lowest BCUT2D eigenvalue weighted by Crippen LogP contribution is -2.44. The minimum absolute atomic E-state index is 0.0426. The van der Waals surface area contributed by atoms with Gasteiger partial charge in [-0.05, 0) is 75.3 Å². The van der Waals surface area contributed by atoms with Crippen LogP contribution in [0.2, 0.25) is 0 Å². The zero-order chi connectivity index (χ0) is 25.4. The van der Waals surface area contributed by atoms with Crippen LogP contribution in [-0.2, 0) is 22.6 Å². The summed E-state index contributed by atoms with van der Waals surface area (Å²) in [5.74, 6) is 0.283. The highest BCUT2D eigenvalue weighted by Crippen LogP contribution is 2.44. The van der Waals surface area contributed by atoms with Crippen LogP contribution in [0.5, 0.6) is 0 Å². The Labute approximate surface area is 209 Å².